The number of rotatable bonds is 6. The molecule has 1 aliphatic carbocycles. The minimum absolute atomic E-state index is 0.000861. The quantitative estimate of drug-likeness (QED) is 0.623. The molecule has 5 rings (SSSR count). The largest absolute Gasteiger partial charge is 0.467 e. The van der Waals surface area contributed by atoms with Gasteiger partial charge in [-0.25, -0.2) is 13.2 Å². The highest BCUT2D eigenvalue weighted by Crippen LogP contribution is 2.33. The molecule has 2 saturated heterocycles. The van der Waals surface area contributed by atoms with Crippen LogP contribution in [0.25, 0.3) is 0 Å². The lowest BCUT2D eigenvalue weighted by atomic mass is 9.89. The van der Waals surface area contributed by atoms with Crippen molar-refractivity contribution >= 4 is 27.7 Å². The second kappa shape index (κ2) is 8.26. The van der Waals surface area contributed by atoms with Gasteiger partial charge in [0.05, 0.1) is 24.3 Å². The Morgan fingerprint density at radius 3 is 2.74 bits per heavy atom. The summed E-state index contributed by atoms with van der Waals surface area (Å²) in [6.07, 6.45) is 4.80. The van der Waals surface area contributed by atoms with Crippen LogP contribution in [0.1, 0.15) is 42.2 Å². The van der Waals surface area contributed by atoms with E-state index >= 15 is 0 Å². The Hall–Kier alpha value is -3.14. The number of hydrogen-bond donors (Lipinski definition) is 1. The number of imide groups is 1. The van der Waals surface area contributed by atoms with Crippen molar-refractivity contribution in [3.05, 3.63) is 59.0 Å². The Balaban J connectivity index is 1.37. The summed E-state index contributed by atoms with van der Waals surface area (Å²) in [5.41, 5.74) is 1.87. The molecule has 2 fully saturated rings. The molecule has 9 nitrogen and oxygen atoms in total. The van der Waals surface area contributed by atoms with Gasteiger partial charge in [-0.15, -0.1) is 0 Å². The van der Waals surface area contributed by atoms with Crippen LogP contribution in [0, 0.1) is 0 Å². The van der Waals surface area contributed by atoms with E-state index in [-0.39, 0.29) is 18.1 Å². The Bertz CT molecular complexity index is 1260. The van der Waals surface area contributed by atoms with Crippen molar-refractivity contribution < 1.29 is 27.2 Å². The van der Waals surface area contributed by atoms with Gasteiger partial charge in [-0.3, -0.25) is 14.5 Å². The number of aryl methyl sites for hydroxylation is 2. The van der Waals surface area contributed by atoms with Gasteiger partial charge in [0, 0.05) is 6.04 Å². The third kappa shape index (κ3) is 4.00. The predicted molar refractivity (Wildman–Crippen MR) is 122 cm³/mol. The first-order chi connectivity index (χ1) is 16.2. The molecule has 2 aromatic rings. The Morgan fingerprint density at radius 1 is 1.24 bits per heavy atom. The number of amides is 4. The van der Waals surface area contributed by atoms with Crippen molar-refractivity contribution in [2.45, 2.75) is 50.7 Å². The Kier molecular flexibility index (Phi) is 5.50. The summed E-state index contributed by atoms with van der Waals surface area (Å²) in [6.45, 7) is 1.25. The molecule has 1 aromatic heterocycles. The smallest absolute Gasteiger partial charge is 0.325 e. The van der Waals surface area contributed by atoms with Crippen LogP contribution >= 0.6 is 0 Å². The second-order valence-electron chi connectivity index (χ2n) is 9.44. The lowest BCUT2D eigenvalue weighted by Crippen LogP contribution is -2.48. The van der Waals surface area contributed by atoms with E-state index in [0.29, 0.717) is 17.7 Å². The molecule has 180 valence electrons. The summed E-state index contributed by atoms with van der Waals surface area (Å²) in [5, 5.41) is 2.76. The van der Waals surface area contributed by atoms with E-state index in [1.54, 1.807) is 19.1 Å². The SMILES string of the molecule is CC1(c2ccc3c(c2)CCC3)NC(=O)N(CC(=O)N(Cc2ccco2)C2CCS(=O)(=O)C2)C1=O. The molecule has 0 bridgehead atoms. The number of hydrogen-bond acceptors (Lipinski definition) is 6. The summed E-state index contributed by atoms with van der Waals surface area (Å²) < 4.78 is 29.5. The molecule has 34 heavy (non-hydrogen) atoms. The monoisotopic (exact) mass is 485 g/mol. The first-order valence-electron chi connectivity index (χ1n) is 11.4. The van der Waals surface area contributed by atoms with Crippen molar-refractivity contribution in [1.82, 2.24) is 15.1 Å². The van der Waals surface area contributed by atoms with Gasteiger partial charge in [0.25, 0.3) is 5.91 Å². The zero-order chi connectivity index (χ0) is 24.1. The highest BCUT2D eigenvalue weighted by atomic mass is 32.2. The van der Waals surface area contributed by atoms with Gasteiger partial charge in [-0.2, -0.15) is 0 Å². The van der Waals surface area contributed by atoms with Gasteiger partial charge in [0.1, 0.15) is 17.8 Å². The molecule has 3 heterocycles. The molecule has 4 amide bonds. The van der Waals surface area contributed by atoms with Crippen molar-refractivity contribution in [3.63, 3.8) is 0 Å². The number of sulfone groups is 1. The molecular weight excluding hydrogens is 458 g/mol. The molecule has 0 saturated carbocycles. The zero-order valence-corrected chi connectivity index (χ0v) is 19.8. The topological polar surface area (TPSA) is 117 Å². The highest BCUT2D eigenvalue weighted by molar-refractivity contribution is 7.91. The van der Waals surface area contributed by atoms with Crippen LogP contribution in [0.2, 0.25) is 0 Å². The number of nitrogens with one attached hydrogen (secondary N) is 1. The van der Waals surface area contributed by atoms with Crippen molar-refractivity contribution in [2.75, 3.05) is 18.1 Å². The average Bonchev–Trinajstić information content (AvgIpc) is 3.57. The molecule has 2 unspecified atom stereocenters. The molecule has 0 spiro atoms. The third-order valence-corrected chi connectivity index (χ3v) is 8.87. The second-order valence-corrected chi connectivity index (χ2v) is 11.7. The molecule has 1 N–H and O–H groups in total. The number of furan rings is 1. The van der Waals surface area contributed by atoms with Crippen LogP contribution < -0.4 is 5.32 Å². The minimum atomic E-state index is -3.25. The van der Waals surface area contributed by atoms with Gasteiger partial charge in [-0.1, -0.05) is 18.2 Å². The van der Waals surface area contributed by atoms with E-state index in [1.165, 1.54) is 22.3 Å². The van der Waals surface area contributed by atoms with Crippen LogP contribution in [0.5, 0.6) is 0 Å². The van der Waals surface area contributed by atoms with Crippen LogP contribution in [0.4, 0.5) is 4.79 Å². The summed E-state index contributed by atoms with van der Waals surface area (Å²) in [7, 11) is -3.25. The first-order valence-corrected chi connectivity index (χ1v) is 13.3. The summed E-state index contributed by atoms with van der Waals surface area (Å²) in [6, 6.07) is 8.04. The number of urea groups is 1. The maximum absolute atomic E-state index is 13.4. The van der Waals surface area contributed by atoms with Crippen LogP contribution in [-0.4, -0.2) is 60.2 Å². The molecule has 3 aliphatic rings. The maximum Gasteiger partial charge on any atom is 0.325 e. The molecule has 2 aliphatic heterocycles. The fourth-order valence-electron chi connectivity index (χ4n) is 5.16. The lowest BCUT2D eigenvalue weighted by Gasteiger charge is -2.29. The molecular formula is C24H27N3O6S. The average molecular weight is 486 g/mol. The molecule has 1 aromatic carbocycles. The number of carbonyl (C=O) groups is 3. The van der Waals surface area contributed by atoms with E-state index in [1.807, 2.05) is 18.2 Å². The molecule has 2 atom stereocenters. The van der Waals surface area contributed by atoms with E-state index in [9.17, 15) is 22.8 Å². The van der Waals surface area contributed by atoms with Gasteiger partial charge < -0.3 is 14.6 Å². The van der Waals surface area contributed by atoms with Crippen LogP contribution in [0.3, 0.4) is 0 Å². The van der Waals surface area contributed by atoms with E-state index in [4.69, 9.17) is 4.42 Å². The predicted octanol–water partition coefficient (Wildman–Crippen LogP) is 1.75. The summed E-state index contributed by atoms with van der Waals surface area (Å²) in [5.74, 6) is -0.648. The summed E-state index contributed by atoms with van der Waals surface area (Å²) in [4.78, 5) is 41.9. The van der Waals surface area contributed by atoms with Gasteiger partial charge in [0.2, 0.25) is 5.91 Å². The number of nitrogens with zero attached hydrogens (tertiary/aromatic N) is 2. The number of benzene rings is 1. The normalized spacial score (nSPS) is 25.4. The van der Waals surface area contributed by atoms with Crippen molar-refractivity contribution in [1.29, 1.82) is 0 Å². The van der Waals surface area contributed by atoms with E-state index in [2.05, 4.69) is 5.32 Å². The van der Waals surface area contributed by atoms with Crippen LogP contribution in [-0.2, 0) is 44.4 Å². The minimum Gasteiger partial charge on any atom is -0.467 e. The van der Waals surface area contributed by atoms with E-state index < -0.39 is 45.8 Å². The fourth-order valence-corrected chi connectivity index (χ4v) is 6.89. The van der Waals surface area contributed by atoms with Gasteiger partial charge in [0.15, 0.2) is 9.84 Å². The molecule has 0 radical (unpaired) electrons. The standard InChI is InChI=1S/C24H27N3O6S/c1-24(18-8-7-16-4-2-5-17(16)12-18)22(29)27(23(30)25-24)14-21(28)26(13-20-6-3-10-33-20)19-9-11-34(31,32)15-19/h3,6-8,10,12,19H,2,4-5,9,11,13-15H2,1H3,(H,25,30). The van der Waals surface area contributed by atoms with Crippen molar-refractivity contribution in [2.24, 2.45) is 0 Å². The maximum atomic E-state index is 13.4. The van der Waals surface area contributed by atoms with Gasteiger partial charge >= 0.3 is 6.03 Å². The lowest BCUT2D eigenvalue weighted by molar-refractivity contribution is -0.140. The highest BCUT2D eigenvalue weighted by Gasteiger charge is 2.50. The Labute approximate surface area is 198 Å². The van der Waals surface area contributed by atoms with Gasteiger partial charge in [-0.05, 0) is 61.4 Å². The number of fused-ring (bicyclic) bond motifs is 1. The molecule has 10 heteroatoms. The number of carbonyl (C=O) groups excluding carboxylic acids is 3. The fraction of sp³-hybridized carbons (Fsp3) is 0.458. The van der Waals surface area contributed by atoms with Crippen LogP contribution in [0.15, 0.2) is 41.0 Å². The van der Waals surface area contributed by atoms with Crippen molar-refractivity contribution in [3.8, 4) is 0 Å². The summed E-state index contributed by atoms with van der Waals surface area (Å²) >= 11 is 0. The third-order valence-electron chi connectivity index (χ3n) is 7.12. The Morgan fingerprint density at radius 2 is 2.03 bits per heavy atom. The zero-order valence-electron chi connectivity index (χ0n) is 19.0. The first kappa shape index (κ1) is 22.6. The van der Waals surface area contributed by atoms with E-state index in [0.717, 1.165) is 24.2 Å².